The van der Waals surface area contributed by atoms with Crippen LogP contribution in [0.15, 0.2) is 42.5 Å². The lowest BCUT2D eigenvalue weighted by Crippen LogP contribution is -2.41. The molecule has 0 aromatic heterocycles. The summed E-state index contributed by atoms with van der Waals surface area (Å²) < 4.78 is 5.20. The number of nitrogens with one attached hydrogen (secondary N) is 1. The molecule has 1 heterocycles. The van der Waals surface area contributed by atoms with Gasteiger partial charge in [-0.25, -0.2) is 9.59 Å². The smallest absolute Gasteiger partial charge is 0.338 e. The summed E-state index contributed by atoms with van der Waals surface area (Å²) in [7, 11) is 0. The number of benzene rings is 2. The van der Waals surface area contributed by atoms with Crippen molar-refractivity contribution in [1.29, 1.82) is 0 Å². The third-order valence-electron chi connectivity index (χ3n) is 3.74. The van der Waals surface area contributed by atoms with Crippen LogP contribution in [0, 0.1) is 0 Å². The first-order valence-electron chi connectivity index (χ1n) is 7.35. The molecular weight excluding hydrogens is 296 g/mol. The average Bonchev–Trinajstić information content (AvgIpc) is 2.99. The van der Waals surface area contributed by atoms with Gasteiger partial charge in [-0.15, -0.1) is 0 Å². The molecule has 6 heteroatoms. The maximum Gasteiger partial charge on any atom is 0.338 e. The van der Waals surface area contributed by atoms with E-state index in [-0.39, 0.29) is 6.54 Å². The minimum atomic E-state index is -1.02. The Hall–Kier alpha value is -2.89. The monoisotopic (exact) mass is 312 g/mol. The van der Waals surface area contributed by atoms with Gasteiger partial charge in [-0.05, 0) is 29.8 Å². The third-order valence-corrected chi connectivity index (χ3v) is 3.74. The molecular formula is C17H16N2O4. The molecule has 2 aromatic rings. The predicted molar refractivity (Wildman–Crippen MR) is 83.9 cm³/mol. The zero-order valence-electron chi connectivity index (χ0n) is 12.6. The molecule has 1 aliphatic heterocycles. The summed E-state index contributed by atoms with van der Waals surface area (Å²) in [6.07, 6.45) is -1.02. The molecule has 1 aliphatic rings. The zero-order valence-corrected chi connectivity index (χ0v) is 12.6. The number of fused-ring (bicyclic) bond motifs is 1. The molecule has 1 saturated heterocycles. The van der Waals surface area contributed by atoms with Gasteiger partial charge in [0.1, 0.15) is 0 Å². The molecule has 0 bridgehead atoms. The van der Waals surface area contributed by atoms with Crippen molar-refractivity contribution < 1.29 is 19.1 Å². The van der Waals surface area contributed by atoms with Gasteiger partial charge in [-0.3, -0.25) is 9.69 Å². The van der Waals surface area contributed by atoms with Gasteiger partial charge in [-0.1, -0.05) is 30.3 Å². The number of ether oxygens (including phenoxy) is 1. The highest BCUT2D eigenvalue weighted by Gasteiger charge is 2.31. The lowest BCUT2D eigenvalue weighted by molar-refractivity contribution is -0.136. The Balaban J connectivity index is 1.72. The van der Waals surface area contributed by atoms with Crippen LogP contribution in [0.3, 0.4) is 0 Å². The highest BCUT2D eigenvalue weighted by molar-refractivity contribution is 6.00. The van der Waals surface area contributed by atoms with E-state index in [2.05, 4.69) is 5.32 Å². The van der Waals surface area contributed by atoms with Gasteiger partial charge in [0.15, 0.2) is 6.10 Å². The lowest BCUT2D eigenvalue weighted by atomic mass is 10.1. The van der Waals surface area contributed by atoms with Crippen LogP contribution in [0.5, 0.6) is 0 Å². The number of hydrogen-bond donors (Lipinski definition) is 1. The maximum atomic E-state index is 12.2. The highest BCUT2D eigenvalue weighted by atomic mass is 16.5. The van der Waals surface area contributed by atoms with Crippen molar-refractivity contribution in [3.8, 4) is 0 Å². The van der Waals surface area contributed by atoms with E-state index in [0.29, 0.717) is 12.1 Å². The molecule has 1 fully saturated rings. The Morgan fingerprint density at radius 2 is 1.91 bits per heavy atom. The number of urea groups is 1. The summed E-state index contributed by atoms with van der Waals surface area (Å²) in [6.45, 7) is 2.17. The van der Waals surface area contributed by atoms with Crippen LogP contribution in [-0.4, -0.2) is 42.0 Å². The quantitative estimate of drug-likeness (QED) is 0.879. The minimum absolute atomic E-state index is 0.287. The summed E-state index contributed by atoms with van der Waals surface area (Å²) in [5.41, 5.74) is 0.370. The summed E-state index contributed by atoms with van der Waals surface area (Å²) in [5, 5.41) is 4.47. The van der Waals surface area contributed by atoms with E-state index < -0.39 is 24.0 Å². The van der Waals surface area contributed by atoms with Gasteiger partial charge in [0.25, 0.3) is 5.91 Å². The van der Waals surface area contributed by atoms with Gasteiger partial charge in [0.05, 0.1) is 5.56 Å². The SMILES string of the molecule is CC(OC(=O)c1ccc2ccccc2c1)C(=O)N1CCNC1=O. The van der Waals surface area contributed by atoms with E-state index >= 15 is 0 Å². The molecule has 118 valence electrons. The molecule has 1 atom stereocenters. The van der Waals surface area contributed by atoms with Crippen molar-refractivity contribution in [2.45, 2.75) is 13.0 Å². The largest absolute Gasteiger partial charge is 0.449 e. The summed E-state index contributed by atoms with van der Waals surface area (Å²) >= 11 is 0. The number of nitrogens with zero attached hydrogens (tertiary/aromatic N) is 1. The van der Waals surface area contributed by atoms with Gasteiger partial charge >= 0.3 is 12.0 Å². The second-order valence-electron chi connectivity index (χ2n) is 5.33. The van der Waals surface area contributed by atoms with Gasteiger partial charge in [0, 0.05) is 13.1 Å². The van der Waals surface area contributed by atoms with Gasteiger partial charge in [0.2, 0.25) is 0 Å². The third kappa shape index (κ3) is 3.01. The molecule has 6 nitrogen and oxygen atoms in total. The number of carbonyl (C=O) groups excluding carboxylic acids is 3. The molecule has 0 radical (unpaired) electrons. The molecule has 1 N–H and O–H groups in total. The van der Waals surface area contributed by atoms with E-state index in [1.807, 2.05) is 30.3 Å². The fourth-order valence-electron chi connectivity index (χ4n) is 2.50. The molecule has 0 aliphatic carbocycles. The van der Waals surface area contributed by atoms with Crippen LogP contribution >= 0.6 is 0 Å². The number of amides is 3. The van der Waals surface area contributed by atoms with Crippen LogP contribution < -0.4 is 5.32 Å². The maximum absolute atomic E-state index is 12.2. The number of esters is 1. The lowest BCUT2D eigenvalue weighted by Gasteiger charge is -2.18. The molecule has 0 saturated carbocycles. The number of hydrogen-bond acceptors (Lipinski definition) is 4. The normalized spacial score (nSPS) is 15.3. The minimum Gasteiger partial charge on any atom is -0.449 e. The predicted octanol–water partition coefficient (Wildman–Crippen LogP) is 1.94. The Morgan fingerprint density at radius 3 is 2.61 bits per heavy atom. The van der Waals surface area contributed by atoms with Gasteiger partial charge < -0.3 is 10.1 Å². The van der Waals surface area contributed by atoms with Crippen molar-refractivity contribution in [2.75, 3.05) is 13.1 Å². The summed E-state index contributed by atoms with van der Waals surface area (Å²) in [5.74, 6) is -1.11. The molecule has 23 heavy (non-hydrogen) atoms. The Labute approximate surface area is 133 Å². The van der Waals surface area contributed by atoms with Crippen molar-refractivity contribution in [1.82, 2.24) is 10.2 Å². The molecule has 1 unspecified atom stereocenters. The van der Waals surface area contributed by atoms with Crippen LogP contribution in [0.4, 0.5) is 4.79 Å². The van der Waals surface area contributed by atoms with E-state index in [4.69, 9.17) is 4.74 Å². The van der Waals surface area contributed by atoms with Crippen LogP contribution in [0.25, 0.3) is 10.8 Å². The van der Waals surface area contributed by atoms with E-state index in [1.165, 1.54) is 6.92 Å². The molecule has 3 amide bonds. The number of rotatable bonds is 3. The molecule has 2 aromatic carbocycles. The Morgan fingerprint density at radius 1 is 1.17 bits per heavy atom. The van der Waals surface area contributed by atoms with Crippen LogP contribution in [0.2, 0.25) is 0 Å². The first-order valence-corrected chi connectivity index (χ1v) is 7.35. The van der Waals surface area contributed by atoms with E-state index in [0.717, 1.165) is 15.7 Å². The zero-order chi connectivity index (χ0) is 16.4. The number of carbonyl (C=O) groups is 3. The topological polar surface area (TPSA) is 75.7 Å². The Bertz CT molecular complexity index is 787. The van der Waals surface area contributed by atoms with Crippen molar-refractivity contribution in [2.24, 2.45) is 0 Å². The molecule has 3 rings (SSSR count). The van der Waals surface area contributed by atoms with Crippen molar-refractivity contribution in [3.63, 3.8) is 0 Å². The van der Waals surface area contributed by atoms with Gasteiger partial charge in [-0.2, -0.15) is 0 Å². The van der Waals surface area contributed by atoms with Crippen molar-refractivity contribution >= 4 is 28.7 Å². The second-order valence-corrected chi connectivity index (χ2v) is 5.33. The average molecular weight is 312 g/mol. The first kappa shape index (κ1) is 15.0. The number of imide groups is 1. The van der Waals surface area contributed by atoms with Crippen LogP contribution in [-0.2, 0) is 9.53 Å². The summed E-state index contributed by atoms with van der Waals surface area (Å²) in [4.78, 5) is 36.9. The fraction of sp³-hybridized carbons (Fsp3) is 0.235. The summed E-state index contributed by atoms with van der Waals surface area (Å²) in [6, 6.07) is 12.4. The first-order chi connectivity index (χ1) is 11.1. The fourth-order valence-corrected chi connectivity index (χ4v) is 2.50. The van der Waals surface area contributed by atoms with E-state index in [1.54, 1.807) is 12.1 Å². The standard InChI is InChI=1S/C17H16N2O4/c1-11(15(20)19-9-8-18-17(19)22)23-16(21)14-7-6-12-4-2-3-5-13(12)10-14/h2-7,10-11H,8-9H2,1H3,(H,18,22). The van der Waals surface area contributed by atoms with E-state index in [9.17, 15) is 14.4 Å². The van der Waals surface area contributed by atoms with Crippen molar-refractivity contribution in [3.05, 3.63) is 48.0 Å². The Kier molecular flexibility index (Phi) is 3.97. The second kappa shape index (κ2) is 6.08. The molecule has 0 spiro atoms. The highest BCUT2D eigenvalue weighted by Crippen LogP contribution is 2.17. The van der Waals surface area contributed by atoms with Crippen LogP contribution in [0.1, 0.15) is 17.3 Å².